The molecule has 15 nitrogen and oxygen atoms in total. The number of Topliss-reactive ketones (excluding diaryl/α,β-unsaturated/α-hetero) is 1. The van der Waals surface area contributed by atoms with Crippen molar-refractivity contribution in [2.45, 2.75) is 135 Å². The molecule has 3 N–H and O–H groups in total. The second-order valence-corrected chi connectivity index (χ2v) is 17.4. The Kier molecular flexibility index (Phi) is 13.0. The molecule has 310 valence electrons. The van der Waals surface area contributed by atoms with Crippen LogP contribution in [-0.2, 0) is 40.5 Å². The van der Waals surface area contributed by atoms with Crippen molar-refractivity contribution in [3.8, 4) is 11.5 Å². The van der Waals surface area contributed by atoms with Crippen molar-refractivity contribution < 1.29 is 47.7 Å². The average molecular weight is 784 g/mol. The van der Waals surface area contributed by atoms with Crippen LogP contribution >= 0.6 is 0 Å². The Morgan fingerprint density at radius 2 is 1.70 bits per heavy atom. The summed E-state index contributed by atoms with van der Waals surface area (Å²) >= 11 is 0. The minimum Gasteiger partial charge on any atom is -0.477 e. The maximum atomic E-state index is 13.6. The van der Waals surface area contributed by atoms with Gasteiger partial charge < -0.3 is 44.7 Å². The first-order chi connectivity index (χ1) is 26.3. The highest BCUT2D eigenvalue weighted by Crippen LogP contribution is 2.70. The summed E-state index contributed by atoms with van der Waals surface area (Å²) in [4.78, 5) is 81.3. The fourth-order valence-electron chi connectivity index (χ4n) is 8.99. The lowest BCUT2D eigenvalue weighted by atomic mass is 9.38. The van der Waals surface area contributed by atoms with Crippen molar-refractivity contribution >= 4 is 35.8 Å². The van der Waals surface area contributed by atoms with Crippen molar-refractivity contribution in [2.75, 3.05) is 39.8 Å². The summed E-state index contributed by atoms with van der Waals surface area (Å²) in [6.45, 7) is 15.9. The van der Waals surface area contributed by atoms with Gasteiger partial charge in [-0.2, -0.15) is 0 Å². The molecule has 4 amide bonds. The molecule has 2 heterocycles. The summed E-state index contributed by atoms with van der Waals surface area (Å²) in [5.41, 5.74) is 0.330. The topological polar surface area (TPSA) is 182 Å². The number of alkyl carbamates (subject to hydrolysis) is 1. The number of nitrogens with one attached hydrogen (secondary N) is 3. The highest BCUT2D eigenvalue weighted by Gasteiger charge is 2.77. The molecule has 0 aromatic heterocycles. The molecule has 1 spiro atoms. The second-order valence-electron chi connectivity index (χ2n) is 17.4. The van der Waals surface area contributed by atoms with Crippen molar-refractivity contribution in [1.82, 2.24) is 25.8 Å². The van der Waals surface area contributed by atoms with E-state index in [-0.39, 0.29) is 37.6 Å². The Morgan fingerprint density at radius 1 is 0.982 bits per heavy atom. The van der Waals surface area contributed by atoms with Crippen molar-refractivity contribution in [3.63, 3.8) is 0 Å². The number of unbranched alkanes of at least 4 members (excludes halogenated alkanes) is 1. The summed E-state index contributed by atoms with van der Waals surface area (Å²) < 4.78 is 23.0. The van der Waals surface area contributed by atoms with Gasteiger partial charge >= 0.3 is 18.2 Å². The molecule has 15 heteroatoms. The van der Waals surface area contributed by atoms with Crippen LogP contribution in [0.3, 0.4) is 0 Å². The van der Waals surface area contributed by atoms with E-state index in [9.17, 15) is 28.8 Å². The van der Waals surface area contributed by atoms with E-state index >= 15 is 0 Å². The third-order valence-corrected chi connectivity index (χ3v) is 11.2. The lowest BCUT2D eigenvalue weighted by molar-refractivity contribution is -0.209. The van der Waals surface area contributed by atoms with Crippen LogP contribution in [0.25, 0.3) is 0 Å². The first-order valence-electron chi connectivity index (χ1n) is 20.1. The maximum absolute atomic E-state index is 13.6. The molecule has 1 aromatic carbocycles. The highest BCUT2D eigenvalue weighted by molar-refractivity contribution is 5.97. The Hall–Kier alpha value is -4.40. The van der Waals surface area contributed by atoms with E-state index in [4.69, 9.17) is 18.9 Å². The molecule has 6 atom stereocenters. The number of likely N-dealkylation sites (N-methyl/N-ethyl adjacent to an activating group) is 1. The molecular formula is C41H61N5O10. The van der Waals surface area contributed by atoms with Crippen LogP contribution in [0.1, 0.15) is 105 Å². The smallest absolute Gasteiger partial charge is 0.415 e. The second kappa shape index (κ2) is 17.0. The Labute approximate surface area is 330 Å². The van der Waals surface area contributed by atoms with Gasteiger partial charge in [-0.3, -0.25) is 19.2 Å². The van der Waals surface area contributed by atoms with Crippen molar-refractivity contribution in [3.05, 3.63) is 23.3 Å². The SMILES string of the molecule is CCc1ccc(OC(=O)N(CC)CCNC(=O)[C@H](CCCCNC(=O)OC(C)(C)C)NC(=O)CC(=O)OC(C)(C)C)c2c1C13C(CCC(=O)[C@@H]1O2)[C@H]1C3CN1C. The third-order valence-electron chi connectivity index (χ3n) is 11.2. The number of ether oxygens (including phenoxy) is 4. The fourth-order valence-corrected chi connectivity index (χ4v) is 8.99. The molecule has 2 saturated carbocycles. The quantitative estimate of drug-likeness (QED) is 0.133. The average Bonchev–Trinajstić information content (AvgIpc) is 3.47. The lowest BCUT2D eigenvalue weighted by Gasteiger charge is -2.72. The summed E-state index contributed by atoms with van der Waals surface area (Å²) in [5, 5.41) is 8.12. The van der Waals surface area contributed by atoms with Crippen LogP contribution < -0.4 is 25.4 Å². The molecule has 0 radical (unpaired) electrons. The van der Waals surface area contributed by atoms with Gasteiger partial charge in [-0.15, -0.1) is 0 Å². The van der Waals surface area contributed by atoms with Crippen LogP contribution in [0.5, 0.6) is 11.5 Å². The van der Waals surface area contributed by atoms with E-state index in [0.29, 0.717) is 49.4 Å². The molecule has 3 unspecified atom stereocenters. The molecule has 1 aromatic rings. The molecule has 1 saturated heterocycles. The number of piperidine rings is 1. The summed E-state index contributed by atoms with van der Waals surface area (Å²) in [6, 6.07) is 3.17. The minimum absolute atomic E-state index is 0.0573. The standard InChI is InChI=1S/C41H61N5O10/c1-10-24-15-18-29(34-32(24)41-25(33-26(41)23-45(33)9)16-17-28(47)35(41)54-34)53-38(52)46(11-2)21-20-42-36(50)27(44-30(48)22-31(49)55-39(3,4)5)14-12-13-19-43-37(51)56-40(6,7)8/h15,18,25-27,33,35H,10-14,16-17,19-23H2,1-9H3,(H,42,50)(H,43,51)(H,44,48)/t25?,26?,27-,33-,35-,41?/m0/s1. The number of hydrogen-bond acceptors (Lipinski definition) is 11. The molecule has 3 fully saturated rings. The highest BCUT2D eigenvalue weighted by atomic mass is 16.6. The number of rotatable bonds is 15. The fraction of sp³-hybridized carbons (Fsp3) is 0.707. The summed E-state index contributed by atoms with van der Waals surface area (Å²) in [7, 11) is 2.13. The van der Waals surface area contributed by atoms with E-state index in [1.54, 1.807) is 54.5 Å². The third kappa shape index (κ3) is 9.08. The monoisotopic (exact) mass is 783 g/mol. The van der Waals surface area contributed by atoms with Crippen LogP contribution in [0.2, 0.25) is 0 Å². The Bertz CT molecular complexity index is 1680. The van der Waals surface area contributed by atoms with E-state index in [1.807, 2.05) is 6.07 Å². The van der Waals surface area contributed by atoms with Gasteiger partial charge in [-0.1, -0.05) is 13.0 Å². The van der Waals surface area contributed by atoms with Gasteiger partial charge in [0, 0.05) is 56.7 Å². The van der Waals surface area contributed by atoms with Gasteiger partial charge in [0.1, 0.15) is 23.7 Å². The predicted octanol–water partition coefficient (Wildman–Crippen LogP) is 4.02. The Balaban J connectivity index is 1.19. The molecule has 56 heavy (non-hydrogen) atoms. The van der Waals surface area contributed by atoms with Gasteiger partial charge in [0.05, 0.1) is 5.41 Å². The zero-order chi connectivity index (χ0) is 41.2. The number of ketones is 1. The van der Waals surface area contributed by atoms with Crippen LogP contribution in [0, 0.1) is 11.8 Å². The molecular weight excluding hydrogens is 722 g/mol. The predicted molar refractivity (Wildman–Crippen MR) is 206 cm³/mol. The number of carbonyl (C=O) groups excluding carboxylic acids is 6. The number of carbonyl (C=O) groups is 6. The van der Waals surface area contributed by atoms with Crippen LogP contribution in [-0.4, -0.2) is 115 Å². The van der Waals surface area contributed by atoms with E-state index in [0.717, 1.165) is 30.5 Å². The van der Waals surface area contributed by atoms with Crippen LogP contribution in [0.15, 0.2) is 12.1 Å². The molecule has 5 rings (SSSR count). The number of amides is 4. The van der Waals surface area contributed by atoms with Gasteiger partial charge in [0.2, 0.25) is 11.8 Å². The minimum atomic E-state index is -0.985. The van der Waals surface area contributed by atoms with Crippen molar-refractivity contribution in [1.29, 1.82) is 0 Å². The summed E-state index contributed by atoms with van der Waals surface area (Å²) in [5.74, 6) is -0.366. The largest absolute Gasteiger partial charge is 0.477 e. The molecule has 4 aliphatic rings. The first kappa shape index (κ1) is 42.7. The van der Waals surface area contributed by atoms with Gasteiger partial charge in [-0.25, -0.2) is 9.59 Å². The van der Waals surface area contributed by atoms with Crippen LogP contribution in [0.4, 0.5) is 9.59 Å². The van der Waals surface area contributed by atoms with Crippen molar-refractivity contribution in [2.24, 2.45) is 11.8 Å². The van der Waals surface area contributed by atoms with E-state index < -0.39 is 65.2 Å². The zero-order valence-corrected chi connectivity index (χ0v) is 34.5. The molecule has 2 aliphatic heterocycles. The number of nitrogens with zero attached hydrogens (tertiary/aromatic N) is 2. The Morgan fingerprint density at radius 3 is 2.34 bits per heavy atom. The number of fused-ring (bicyclic) bond motifs is 3. The van der Waals surface area contributed by atoms with Gasteiger partial charge in [-0.05, 0) is 105 Å². The number of benzene rings is 1. The number of esters is 1. The van der Waals surface area contributed by atoms with E-state index in [1.165, 1.54) is 4.90 Å². The molecule has 0 bridgehead atoms. The maximum Gasteiger partial charge on any atom is 0.415 e. The number of aryl methyl sites for hydroxylation is 1. The zero-order valence-electron chi connectivity index (χ0n) is 34.5. The first-order valence-corrected chi connectivity index (χ1v) is 20.1. The van der Waals surface area contributed by atoms with E-state index in [2.05, 4.69) is 34.8 Å². The number of hydrogen-bond donors (Lipinski definition) is 3. The normalized spacial score (nSPS) is 24.0. The summed E-state index contributed by atoms with van der Waals surface area (Å²) in [6.07, 6.45) is 0.947. The van der Waals surface area contributed by atoms with Gasteiger partial charge in [0.25, 0.3) is 0 Å². The van der Waals surface area contributed by atoms with Gasteiger partial charge in [0.15, 0.2) is 23.4 Å². The number of likely N-dealkylation sites (tertiary alicyclic amines) is 1. The lowest BCUT2D eigenvalue weighted by Crippen LogP contribution is -2.82. The molecule has 2 aliphatic carbocycles.